The number of amides is 2. The Morgan fingerprint density at radius 1 is 0.912 bits per heavy atom. The number of hydrogen-bond acceptors (Lipinski definition) is 4. The first kappa shape index (κ1) is 23.7. The van der Waals surface area contributed by atoms with E-state index in [-0.39, 0.29) is 11.6 Å². The zero-order valence-electron chi connectivity index (χ0n) is 20.9. The van der Waals surface area contributed by atoms with Gasteiger partial charge in [-0.2, -0.15) is 0 Å². The minimum atomic E-state index is -0.246. The first-order valence-electron chi connectivity index (χ1n) is 12.0. The molecule has 0 aliphatic carbocycles. The van der Waals surface area contributed by atoms with Crippen LogP contribution in [0.5, 0.6) is 0 Å². The molecule has 2 aromatic carbocycles. The Kier molecular flexibility index (Phi) is 6.87. The number of piperazine rings is 1. The van der Waals surface area contributed by atoms with E-state index in [1.165, 1.54) is 11.1 Å². The maximum Gasteiger partial charge on any atom is 0.317 e. The number of nitrogens with one attached hydrogen (secondary N) is 1. The summed E-state index contributed by atoms with van der Waals surface area (Å²) in [6.45, 7) is 13.0. The standard InChI is InChI=1S/C28H35N5O/c1-20-11-13-22(14-12-20)19-24-21(2)29-25(23-9-7-6-8-10-23)30-26(24)32-15-17-33(18-16-32)27(34)31-28(3,4)5/h6-14H,15-19H2,1-5H3,(H,31,34). The molecular formula is C28H35N5O. The quantitative estimate of drug-likeness (QED) is 0.600. The van der Waals surface area contributed by atoms with Crippen molar-refractivity contribution in [2.75, 3.05) is 31.1 Å². The predicted molar refractivity (Wildman–Crippen MR) is 138 cm³/mol. The van der Waals surface area contributed by atoms with Crippen molar-refractivity contribution in [3.05, 3.63) is 77.0 Å². The lowest BCUT2D eigenvalue weighted by Crippen LogP contribution is -2.55. The number of rotatable bonds is 4. The minimum absolute atomic E-state index is 0.00382. The van der Waals surface area contributed by atoms with E-state index in [1.54, 1.807) is 0 Å². The molecule has 6 nitrogen and oxygen atoms in total. The Balaban J connectivity index is 1.63. The summed E-state index contributed by atoms with van der Waals surface area (Å²) in [6.07, 6.45) is 0.779. The Bertz CT molecular complexity index is 1130. The van der Waals surface area contributed by atoms with E-state index < -0.39 is 0 Å². The van der Waals surface area contributed by atoms with Crippen LogP contribution < -0.4 is 10.2 Å². The number of anilines is 1. The molecule has 1 aliphatic heterocycles. The van der Waals surface area contributed by atoms with Gasteiger partial charge in [0.05, 0.1) is 0 Å². The van der Waals surface area contributed by atoms with E-state index >= 15 is 0 Å². The highest BCUT2D eigenvalue weighted by Gasteiger charge is 2.27. The number of benzene rings is 2. The third-order valence-corrected chi connectivity index (χ3v) is 6.07. The molecule has 1 N–H and O–H groups in total. The van der Waals surface area contributed by atoms with E-state index in [0.29, 0.717) is 13.1 Å². The highest BCUT2D eigenvalue weighted by Crippen LogP contribution is 2.28. The summed E-state index contributed by atoms with van der Waals surface area (Å²) >= 11 is 0. The van der Waals surface area contributed by atoms with Crippen molar-refractivity contribution >= 4 is 11.8 Å². The fraction of sp³-hybridized carbons (Fsp3) is 0.393. The van der Waals surface area contributed by atoms with Crippen LogP contribution in [-0.4, -0.2) is 52.6 Å². The van der Waals surface area contributed by atoms with Gasteiger partial charge >= 0.3 is 6.03 Å². The summed E-state index contributed by atoms with van der Waals surface area (Å²) in [5.74, 6) is 1.72. The van der Waals surface area contributed by atoms with Crippen molar-refractivity contribution in [1.29, 1.82) is 0 Å². The molecule has 2 heterocycles. The fourth-order valence-corrected chi connectivity index (χ4v) is 4.20. The molecule has 0 spiro atoms. The summed E-state index contributed by atoms with van der Waals surface area (Å²) in [5, 5.41) is 3.07. The molecule has 2 amide bonds. The predicted octanol–water partition coefficient (Wildman–Crippen LogP) is 4.98. The molecule has 3 aromatic rings. The van der Waals surface area contributed by atoms with Crippen molar-refractivity contribution in [2.24, 2.45) is 0 Å². The van der Waals surface area contributed by atoms with Crippen molar-refractivity contribution < 1.29 is 4.79 Å². The van der Waals surface area contributed by atoms with E-state index in [9.17, 15) is 4.79 Å². The van der Waals surface area contributed by atoms with E-state index in [4.69, 9.17) is 9.97 Å². The summed E-state index contributed by atoms with van der Waals surface area (Å²) in [7, 11) is 0. The van der Waals surface area contributed by atoms with Gasteiger partial charge < -0.3 is 15.1 Å². The third-order valence-electron chi connectivity index (χ3n) is 6.07. The van der Waals surface area contributed by atoms with Crippen LogP contribution >= 0.6 is 0 Å². The van der Waals surface area contributed by atoms with Crippen LogP contribution in [0, 0.1) is 13.8 Å². The highest BCUT2D eigenvalue weighted by molar-refractivity contribution is 5.75. The molecule has 1 saturated heterocycles. The van der Waals surface area contributed by atoms with Gasteiger partial charge in [0.25, 0.3) is 0 Å². The normalized spacial score (nSPS) is 14.3. The molecule has 1 aliphatic rings. The summed E-state index contributed by atoms with van der Waals surface area (Å²) in [4.78, 5) is 26.8. The number of urea groups is 1. The zero-order chi connectivity index (χ0) is 24.3. The Hall–Kier alpha value is -3.41. The molecule has 0 unspecified atom stereocenters. The molecule has 0 saturated carbocycles. The number of nitrogens with zero attached hydrogens (tertiary/aromatic N) is 4. The Morgan fingerprint density at radius 3 is 2.18 bits per heavy atom. The van der Waals surface area contributed by atoms with Gasteiger partial charge in [-0.25, -0.2) is 14.8 Å². The smallest absolute Gasteiger partial charge is 0.317 e. The molecule has 34 heavy (non-hydrogen) atoms. The largest absolute Gasteiger partial charge is 0.353 e. The van der Waals surface area contributed by atoms with Crippen LogP contribution in [0.1, 0.15) is 43.2 Å². The van der Waals surface area contributed by atoms with Crippen LogP contribution in [0.15, 0.2) is 54.6 Å². The number of carbonyl (C=O) groups is 1. The average Bonchev–Trinajstić information content (AvgIpc) is 2.81. The van der Waals surface area contributed by atoms with Crippen LogP contribution in [0.25, 0.3) is 11.4 Å². The van der Waals surface area contributed by atoms with Gasteiger partial charge in [-0.1, -0.05) is 60.2 Å². The molecule has 0 radical (unpaired) electrons. The monoisotopic (exact) mass is 457 g/mol. The Labute approximate surface area is 203 Å². The van der Waals surface area contributed by atoms with E-state index in [2.05, 4.69) is 48.3 Å². The van der Waals surface area contributed by atoms with Gasteiger partial charge in [0, 0.05) is 55.0 Å². The maximum absolute atomic E-state index is 12.7. The maximum atomic E-state index is 12.7. The number of carbonyl (C=O) groups excluding carboxylic acids is 1. The second kappa shape index (κ2) is 9.84. The zero-order valence-corrected chi connectivity index (χ0v) is 20.9. The molecule has 178 valence electrons. The molecule has 0 bridgehead atoms. The molecular weight excluding hydrogens is 422 g/mol. The minimum Gasteiger partial charge on any atom is -0.353 e. The lowest BCUT2D eigenvalue weighted by molar-refractivity contribution is 0.185. The molecule has 1 fully saturated rings. The number of hydrogen-bond donors (Lipinski definition) is 1. The number of aromatic nitrogens is 2. The lowest BCUT2D eigenvalue weighted by Gasteiger charge is -2.37. The summed E-state index contributed by atoms with van der Waals surface area (Å²) < 4.78 is 0. The fourth-order valence-electron chi connectivity index (χ4n) is 4.20. The average molecular weight is 458 g/mol. The topological polar surface area (TPSA) is 61.4 Å². The van der Waals surface area contributed by atoms with Crippen LogP contribution in [0.4, 0.5) is 10.6 Å². The summed E-state index contributed by atoms with van der Waals surface area (Å²) in [5.41, 5.74) is 5.41. The summed E-state index contributed by atoms with van der Waals surface area (Å²) in [6, 6.07) is 18.8. The van der Waals surface area contributed by atoms with Gasteiger partial charge in [-0.15, -0.1) is 0 Å². The lowest BCUT2D eigenvalue weighted by atomic mass is 10.0. The van der Waals surface area contributed by atoms with Crippen LogP contribution in [0.2, 0.25) is 0 Å². The SMILES string of the molecule is Cc1ccc(Cc2c(C)nc(-c3ccccc3)nc2N2CCN(C(=O)NC(C)(C)C)CC2)cc1. The first-order valence-corrected chi connectivity index (χ1v) is 12.0. The van der Waals surface area contributed by atoms with Crippen molar-refractivity contribution in [1.82, 2.24) is 20.2 Å². The second-order valence-corrected chi connectivity index (χ2v) is 10.1. The van der Waals surface area contributed by atoms with E-state index in [0.717, 1.165) is 48.0 Å². The van der Waals surface area contributed by atoms with Crippen LogP contribution in [-0.2, 0) is 6.42 Å². The first-order chi connectivity index (χ1) is 16.2. The molecule has 1 aromatic heterocycles. The van der Waals surface area contributed by atoms with Crippen molar-refractivity contribution in [2.45, 2.75) is 46.6 Å². The van der Waals surface area contributed by atoms with E-state index in [1.807, 2.05) is 56.0 Å². The van der Waals surface area contributed by atoms with Gasteiger partial charge in [0.15, 0.2) is 5.82 Å². The van der Waals surface area contributed by atoms with Gasteiger partial charge in [-0.3, -0.25) is 0 Å². The van der Waals surface area contributed by atoms with Gasteiger partial charge in [0.1, 0.15) is 5.82 Å². The molecule has 6 heteroatoms. The number of aryl methyl sites for hydroxylation is 2. The van der Waals surface area contributed by atoms with Gasteiger partial charge in [-0.05, 0) is 40.2 Å². The third kappa shape index (κ3) is 5.74. The van der Waals surface area contributed by atoms with Gasteiger partial charge in [0.2, 0.25) is 0 Å². The molecule has 0 atom stereocenters. The van der Waals surface area contributed by atoms with Crippen molar-refractivity contribution in [3.63, 3.8) is 0 Å². The molecule has 4 rings (SSSR count). The van der Waals surface area contributed by atoms with Crippen LogP contribution in [0.3, 0.4) is 0 Å². The Morgan fingerprint density at radius 2 is 1.56 bits per heavy atom. The van der Waals surface area contributed by atoms with Crippen molar-refractivity contribution in [3.8, 4) is 11.4 Å². The second-order valence-electron chi connectivity index (χ2n) is 10.1. The highest BCUT2D eigenvalue weighted by atomic mass is 16.2.